The topological polar surface area (TPSA) is 68.3 Å². The molecule has 0 aromatic rings. The van der Waals surface area contributed by atoms with Crippen molar-refractivity contribution in [1.29, 1.82) is 0 Å². The monoisotopic (exact) mass is 152 g/mol. The van der Waals surface area contributed by atoms with Gasteiger partial charge in [0.05, 0.1) is 0 Å². The van der Waals surface area contributed by atoms with Gasteiger partial charge in [-0.05, 0) is 0 Å². The number of hydrogen-bond acceptors (Lipinski definition) is 4. The molecule has 0 saturated carbocycles. The minimum atomic E-state index is -6.34. The first-order valence-corrected chi connectivity index (χ1v) is 6.83. The van der Waals surface area contributed by atoms with Crippen molar-refractivity contribution in [2.75, 3.05) is 0 Å². The molecule has 0 spiro atoms. The summed E-state index contributed by atoms with van der Waals surface area (Å²) >= 11 is -6.34. The molecule has 0 aromatic heterocycles. The molecule has 0 heterocycles. The summed E-state index contributed by atoms with van der Waals surface area (Å²) in [6.45, 7) is 0. The Morgan fingerprint density at radius 3 is 0.800 bits per heavy atom. The van der Waals surface area contributed by atoms with Gasteiger partial charge in [-0.3, -0.25) is 0 Å². The average molecular weight is 152 g/mol. The second-order valence-corrected chi connectivity index (χ2v) is 4.18. The van der Waals surface area contributed by atoms with Gasteiger partial charge >= 0.3 is 39.1 Å². The van der Waals surface area contributed by atoms with E-state index in [1.807, 2.05) is 0 Å². The van der Waals surface area contributed by atoms with E-state index in [1.165, 1.54) is 0 Å². The molecule has 5 heteroatoms. The molecule has 0 aliphatic rings. The van der Waals surface area contributed by atoms with E-state index >= 15 is 0 Å². The van der Waals surface area contributed by atoms with Gasteiger partial charge in [-0.25, -0.2) is 0 Å². The van der Waals surface area contributed by atoms with Crippen molar-refractivity contribution in [3.05, 3.63) is 0 Å². The molecular weight excluding hydrogens is 152 g/mol. The summed E-state index contributed by atoms with van der Waals surface area (Å²) in [5.41, 5.74) is 0. The fourth-order valence-corrected chi connectivity index (χ4v) is 0. The van der Waals surface area contributed by atoms with Crippen molar-refractivity contribution < 1.29 is 1.88 Å². The molecule has 0 fully saturated rings. The van der Waals surface area contributed by atoms with Crippen LogP contribution in [0.1, 0.15) is 0 Å². The zero-order valence-corrected chi connectivity index (χ0v) is 5.82. The van der Waals surface area contributed by atoms with Crippen LogP contribution in [0, 0.1) is 0 Å². The van der Waals surface area contributed by atoms with Crippen LogP contribution in [0.5, 0.6) is 0 Å². The van der Waals surface area contributed by atoms with Gasteiger partial charge in [0, 0.05) is 0 Å². The molecule has 0 saturated heterocycles. The van der Waals surface area contributed by atoms with E-state index in [-0.39, 0.29) is 0 Å². The van der Waals surface area contributed by atoms with Crippen LogP contribution in [0.2, 0.25) is 0 Å². The Morgan fingerprint density at radius 1 is 0.800 bits per heavy atom. The average Bonchev–Trinajstić information content (AvgIpc) is 0.722. The van der Waals surface area contributed by atoms with Crippen LogP contribution in [0.15, 0.2) is 0 Å². The summed E-state index contributed by atoms with van der Waals surface area (Å²) in [4.78, 5) is 0. The third kappa shape index (κ3) is 72.6. The Kier molecular flexibility index (Phi) is 1.61. The Balaban J connectivity index is 6.05. The summed E-state index contributed by atoms with van der Waals surface area (Å²) in [6, 6.07) is 0. The third-order valence-electron chi connectivity index (χ3n) is 0. The predicted molar refractivity (Wildman–Crippen MR) is 8.50 cm³/mol. The van der Waals surface area contributed by atoms with Crippen molar-refractivity contribution in [3.63, 3.8) is 0 Å². The zero-order valence-electron chi connectivity index (χ0n) is 2.34. The maximum absolute atomic E-state index is 8.67. The summed E-state index contributed by atoms with van der Waals surface area (Å²) in [6.07, 6.45) is 0. The molecular formula is O4Sr. The maximum atomic E-state index is 8.67. The predicted octanol–water partition coefficient (Wildman–Crippen LogP) is -0.856. The molecule has 0 unspecified atom stereocenters. The molecule has 26 valence electrons. The van der Waals surface area contributed by atoms with Crippen molar-refractivity contribution in [2.45, 2.75) is 0 Å². The quantitative estimate of drug-likeness (QED) is 0.423. The SMILES string of the molecule is [O]=[Sr](=[O])(=[O])=[O]. The van der Waals surface area contributed by atoms with Gasteiger partial charge in [-0.1, -0.05) is 0 Å². The Labute approximate surface area is 38.3 Å². The van der Waals surface area contributed by atoms with Crippen molar-refractivity contribution in [3.8, 4) is 0 Å². The molecule has 0 amide bonds. The van der Waals surface area contributed by atoms with Crippen LogP contribution >= 0.6 is 0 Å². The first-order valence-electron chi connectivity index (χ1n) is 1.15. The van der Waals surface area contributed by atoms with Crippen LogP contribution in [0.3, 0.4) is 0 Å². The van der Waals surface area contributed by atoms with Crippen LogP contribution < -0.4 is 0 Å². The molecule has 0 rings (SSSR count). The Hall–Kier alpha value is 0.681. The molecule has 0 aromatic carbocycles. The second-order valence-electron chi connectivity index (χ2n) is 0.707. The van der Waals surface area contributed by atoms with Gasteiger partial charge in [0.25, 0.3) is 0 Å². The minimum absolute atomic E-state index is 6.34. The normalized spacial score (nSPS) is 14.4. The van der Waals surface area contributed by atoms with E-state index < -0.39 is 37.2 Å². The number of hydrogen-bond donors (Lipinski definition) is 0. The summed E-state index contributed by atoms with van der Waals surface area (Å²) in [5, 5.41) is 0. The fraction of sp³-hybridized carbons (Fsp3) is 0. The third-order valence-corrected chi connectivity index (χ3v) is 0. The van der Waals surface area contributed by atoms with Gasteiger partial charge in [-0.15, -0.1) is 0 Å². The van der Waals surface area contributed by atoms with Crippen molar-refractivity contribution in [1.82, 2.24) is 0 Å². The molecule has 0 aliphatic heterocycles. The second kappa shape index (κ2) is 1.42. The van der Waals surface area contributed by atoms with Crippen LogP contribution in [0.25, 0.3) is 0 Å². The molecule has 0 aliphatic carbocycles. The van der Waals surface area contributed by atoms with E-state index in [9.17, 15) is 0 Å². The fourth-order valence-electron chi connectivity index (χ4n) is 0. The van der Waals surface area contributed by atoms with E-state index in [0.717, 1.165) is 0 Å². The zero-order chi connectivity index (χ0) is 4.50. The summed E-state index contributed by atoms with van der Waals surface area (Å²) in [5.74, 6) is 0. The standard InChI is InChI=1S/4O.Sr. The van der Waals surface area contributed by atoms with E-state index in [0.29, 0.717) is 0 Å². The van der Waals surface area contributed by atoms with Gasteiger partial charge in [0.15, 0.2) is 0 Å². The van der Waals surface area contributed by atoms with Gasteiger partial charge in [0.1, 0.15) is 0 Å². The van der Waals surface area contributed by atoms with Crippen molar-refractivity contribution >= 4 is 37.2 Å². The summed E-state index contributed by atoms with van der Waals surface area (Å²) in [7, 11) is 0. The Bertz CT molecular complexity index is 155. The molecule has 5 heavy (non-hydrogen) atoms. The molecule has 0 atom stereocenters. The molecule has 4 nitrogen and oxygen atoms in total. The van der Waals surface area contributed by atoms with Crippen LogP contribution in [-0.4, -0.2) is 37.2 Å². The van der Waals surface area contributed by atoms with Crippen LogP contribution in [0.4, 0.5) is 0 Å². The van der Waals surface area contributed by atoms with Gasteiger partial charge in [0.2, 0.25) is 0 Å². The van der Waals surface area contributed by atoms with E-state index in [2.05, 4.69) is 0 Å². The molecule has 0 radical (unpaired) electrons. The Morgan fingerprint density at radius 2 is 0.800 bits per heavy atom. The van der Waals surface area contributed by atoms with E-state index in [4.69, 9.17) is 1.88 Å². The van der Waals surface area contributed by atoms with Crippen LogP contribution in [-0.2, 0) is 1.88 Å². The summed E-state index contributed by atoms with van der Waals surface area (Å²) < 4.78 is 34.7. The number of rotatable bonds is 0. The molecule has 0 bridgehead atoms. The van der Waals surface area contributed by atoms with Gasteiger partial charge < -0.3 is 0 Å². The van der Waals surface area contributed by atoms with Crippen molar-refractivity contribution in [2.24, 2.45) is 0 Å². The van der Waals surface area contributed by atoms with Gasteiger partial charge in [-0.2, -0.15) is 0 Å². The first kappa shape index (κ1) is 5.68. The molecule has 0 N–H and O–H groups in total. The first-order chi connectivity index (χ1) is 2.00. The van der Waals surface area contributed by atoms with E-state index in [1.54, 1.807) is 0 Å².